The lowest BCUT2D eigenvalue weighted by Crippen LogP contribution is -2.37. The third-order valence-corrected chi connectivity index (χ3v) is 4.29. The number of ether oxygens (including phenoxy) is 1. The zero-order valence-corrected chi connectivity index (χ0v) is 12.3. The third kappa shape index (κ3) is 3.91. The van der Waals surface area contributed by atoms with Gasteiger partial charge < -0.3 is 10.1 Å². The molecule has 1 aliphatic heterocycles. The second-order valence-corrected chi connectivity index (χ2v) is 6.11. The highest BCUT2D eigenvalue weighted by molar-refractivity contribution is 6.30. The van der Waals surface area contributed by atoms with Gasteiger partial charge >= 0.3 is 0 Å². The largest absolute Gasteiger partial charge is 0.381 e. The van der Waals surface area contributed by atoms with E-state index in [-0.39, 0.29) is 22.3 Å². The zero-order chi connectivity index (χ0) is 13.9. The minimum Gasteiger partial charge on any atom is -0.381 e. The molecule has 1 unspecified atom stereocenters. The van der Waals surface area contributed by atoms with Gasteiger partial charge in [0, 0.05) is 25.8 Å². The highest BCUT2D eigenvalue weighted by Crippen LogP contribution is 2.30. The van der Waals surface area contributed by atoms with Gasteiger partial charge in [0.15, 0.2) is 0 Å². The molecule has 1 saturated heterocycles. The SMILES string of the molecule is CC(NCC1(C)CCOCC1)c1ccc(Cl)c(F)c1. The van der Waals surface area contributed by atoms with Crippen LogP contribution in [0.2, 0.25) is 5.02 Å². The molecule has 1 heterocycles. The van der Waals surface area contributed by atoms with E-state index in [1.807, 2.05) is 13.0 Å². The Labute approximate surface area is 119 Å². The van der Waals surface area contributed by atoms with Crippen molar-refractivity contribution >= 4 is 11.6 Å². The van der Waals surface area contributed by atoms with Crippen molar-refractivity contribution in [3.63, 3.8) is 0 Å². The first-order valence-electron chi connectivity index (χ1n) is 6.76. The van der Waals surface area contributed by atoms with Crippen molar-refractivity contribution < 1.29 is 9.13 Å². The van der Waals surface area contributed by atoms with E-state index >= 15 is 0 Å². The molecule has 0 spiro atoms. The van der Waals surface area contributed by atoms with Gasteiger partial charge in [0.25, 0.3) is 0 Å². The average molecular weight is 286 g/mol. The lowest BCUT2D eigenvalue weighted by molar-refractivity contribution is 0.0231. The summed E-state index contributed by atoms with van der Waals surface area (Å²) in [4.78, 5) is 0. The summed E-state index contributed by atoms with van der Waals surface area (Å²) in [6, 6.07) is 5.11. The molecule has 0 radical (unpaired) electrons. The summed E-state index contributed by atoms with van der Waals surface area (Å²) >= 11 is 5.70. The standard InChI is InChI=1S/C15H21ClFNO/c1-11(12-3-4-13(16)14(17)9-12)18-10-15(2)5-7-19-8-6-15/h3-4,9,11,18H,5-8,10H2,1-2H3. The van der Waals surface area contributed by atoms with Crippen molar-refractivity contribution in [2.24, 2.45) is 5.41 Å². The van der Waals surface area contributed by atoms with Gasteiger partial charge in [-0.05, 0) is 42.9 Å². The van der Waals surface area contributed by atoms with E-state index in [0.717, 1.165) is 38.2 Å². The van der Waals surface area contributed by atoms with Crippen LogP contribution in [0.5, 0.6) is 0 Å². The van der Waals surface area contributed by atoms with Gasteiger partial charge in [-0.25, -0.2) is 4.39 Å². The Bertz CT molecular complexity index is 432. The number of hydrogen-bond donors (Lipinski definition) is 1. The van der Waals surface area contributed by atoms with Gasteiger partial charge in [-0.3, -0.25) is 0 Å². The second kappa shape index (κ2) is 6.21. The molecule has 0 aliphatic carbocycles. The van der Waals surface area contributed by atoms with E-state index in [1.54, 1.807) is 6.07 Å². The van der Waals surface area contributed by atoms with Gasteiger partial charge in [0.05, 0.1) is 5.02 Å². The monoisotopic (exact) mass is 285 g/mol. The summed E-state index contributed by atoms with van der Waals surface area (Å²) in [5.74, 6) is -0.356. The van der Waals surface area contributed by atoms with Crippen LogP contribution in [0.25, 0.3) is 0 Å². The van der Waals surface area contributed by atoms with Crippen molar-refractivity contribution in [2.75, 3.05) is 19.8 Å². The van der Waals surface area contributed by atoms with Crippen molar-refractivity contribution in [3.8, 4) is 0 Å². The van der Waals surface area contributed by atoms with E-state index < -0.39 is 0 Å². The number of benzene rings is 1. The normalized spacial score (nSPS) is 20.2. The van der Waals surface area contributed by atoms with Crippen LogP contribution in [-0.4, -0.2) is 19.8 Å². The van der Waals surface area contributed by atoms with E-state index in [0.29, 0.717) is 0 Å². The summed E-state index contributed by atoms with van der Waals surface area (Å²) in [6.45, 7) is 6.91. The molecule has 0 aromatic heterocycles. The minimum absolute atomic E-state index is 0.117. The smallest absolute Gasteiger partial charge is 0.142 e. The second-order valence-electron chi connectivity index (χ2n) is 5.70. The molecular weight excluding hydrogens is 265 g/mol. The van der Waals surface area contributed by atoms with Crippen LogP contribution in [0.3, 0.4) is 0 Å². The molecule has 19 heavy (non-hydrogen) atoms. The van der Waals surface area contributed by atoms with Gasteiger partial charge in [0.1, 0.15) is 5.82 Å². The third-order valence-electron chi connectivity index (χ3n) is 3.98. The molecule has 0 amide bonds. The van der Waals surface area contributed by atoms with E-state index in [1.165, 1.54) is 6.07 Å². The summed E-state index contributed by atoms with van der Waals surface area (Å²) in [5.41, 5.74) is 1.20. The fourth-order valence-corrected chi connectivity index (χ4v) is 2.46. The molecule has 106 valence electrons. The Morgan fingerprint density at radius 1 is 1.42 bits per heavy atom. The number of hydrogen-bond acceptors (Lipinski definition) is 2. The van der Waals surface area contributed by atoms with E-state index in [2.05, 4.69) is 12.2 Å². The summed E-state index contributed by atoms with van der Waals surface area (Å²) < 4.78 is 18.8. The number of rotatable bonds is 4. The van der Waals surface area contributed by atoms with Crippen LogP contribution in [0.1, 0.15) is 38.3 Å². The van der Waals surface area contributed by atoms with Gasteiger partial charge in [-0.2, -0.15) is 0 Å². The van der Waals surface area contributed by atoms with Crippen LogP contribution in [0.4, 0.5) is 4.39 Å². The van der Waals surface area contributed by atoms with Gasteiger partial charge in [0.2, 0.25) is 0 Å². The first-order valence-corrected chi connectivity index (χ1v) is 7.14. The fraction of sp³-hybridized carbons (Fsp3) is 0.600. The molecule has 1 aliphatic rings. The maximum atomic E-state index is 13.4. The van der Waals surface area contributed by atoms with E-state index in [9.17, 15) is 4.39 Å². The molecule has 1 fully saturated rings. The van der Waals surface area contributed by atoms with Crippen molar-refractivity contribution in [2.45, 2.75) is 32.7 Å². The Balaban J connectivity index is 1.93. The van der Waals surface area contributed by atoms with Gasteiger partial charge in [-0.15, -0.1) is 0 Å². The first kappa shape index (κ1) is 14.8. The molecule has 1 aromatic rings. The zero-order valence-electron chi connectivity index (χ0n) is 11.5. The molecule has 2 rings (SSSR count). The average Bonchev–Trinajstić information content (AvgIpc) is 2.40. The molecule has 4 heteroatoms. The van der Waals surface area contributed by atoms with Crippen molar-refractivity contribution in [3.05, 3.63) is 34.6 Å². The van der Waals surface area contributed by atoms with Crippen LogP contribution in [0, 0.1) is 11.2 Å². The molecule has 1 aromatic carbocycles. The molecule has 1 atom stereocenters. The Hall–Kier alpha value is -0.640. The maximum Gasteiger partial charge on any atom is 0.142 e. The van der Waals surface area contributed by atoms with Crippen molar-refractivity contribution in [1.82, 2.24) is 5.32 Å². The summed E-state index contributed by atoms with van der Waals surface area (Å²) in [6.07, 6.45) is 2.14. The Kier molecular flexibility index (Phi) is 4.82. The fourth-order valence-electron chi connectivity index (χ4n) is 2.34. The predicted octanol–water partition coefficient (Wildman–Crippen LogP) is 3.95. The van der Waals surface area contributed by atoms with Crippen molar-refractivity contribution in [1.29, 1.82) is 0 Å². The summed E-state index contributed by atoms with van der Waals surface area (Å²) in [5, 5.41) is 3.66. The minimum atomic E-state index is -0.356. The highest BCUT2D eigenvalue weighted by Gasteiger charge is 2.27. The highest BCUT2D eigenvalue weighted by atomic mass is 35.5. The molecule has 0 bridgehead atoms. The first-order chi connectivity index (χ1) is 9.00. The quantitative estimate of drug-likeness (QED) is 0.904. The lowest BCUT2D eigenvalue weighted by atomic mass is 9.82. The van der Waals surface area contributed by atoms with Crippen LogP contribution in [-0.2, 0) is 4.74 Å². The molecular formula is C15H21ClFNO. The maximum absolute atomic E-state index is 13.4. The topological polar surface area (TPSA) is 21.3 Å². The Morgan fingerprint density at radius 2 is 2.11 bits per heavy atom. The van der Waals surface area contributed by atoms with Crippen LogP contribution < -0.4 is 5.32 Å². The summed E-state index contributed by atoms with van der Waals surface area (Å²) in [7, 11) is 0. The Morgan fingerprint density at radius 3 is 2.74 bits per heavy atom. The predicted molar refractivity (Wildman–Crippen MR) is 76.0 cm³/mol. The van der Waals surface area contributed by atoms with E-state index in [4.69, 9.17) is 16.3 Å². The van der Waals surface area contributed by atoms with Gasteiger partial charge in [-0.1, -0.05) is 24.6 Å². The molecule has 0 saturated carbocycles. The lowest BCUT2D eigenvalue weighted by Gasteiger charge is -2.34. The molecule has 2 nitrogen and oxygen atoms in total. The number of nitrogens with one attached hydrogen (secondary N) is 1. The number of halogens is 2. The molecule has 1 N–H and O–H groups in total. The van der Waals surface area contributed by atoms with Crippen LogP contribution >= 0.6 is 11.6 Å². The van der Waals surface area contributed by atoms with Crippen LogP contribution in [0.15, 0.2) is 18.2 Å².